The van der Waals surface area contributed by atoms with E-state index in [4.69, 9.17) is 4.74 Å². The predicted molar refractivity (Wildman–Crippen MR) is 82.8 cm³/mol. The van der Waals surface area contributed by atoms with E-state index in [1.165, 1.54) is 6.07 Å². The second kappa shape index (κ2) is 5.78. The maximum Gasteiger partial charge on any atom is 0.169 e. The highest BCUT2D eigenvalue weighted by Gasteiger charge is 2.40. The monoisotopic (exact) mass is 350 g/mol. The Morgan fingerprint density at radius 3 is 2.48 bits per heavy atom. The molecule has 0 bridgehead atoms. The molecule has 1 saturated carbocycles. The van der Waals surface area contributed by atoms with Crippen LogP contribution in [0.5, 0.6) is 5.75 Å². The van der Waals surface area contributed by atoms with Crippen molar-refractivity contribution in [1.82, 2.24) is 0 Å². The van der Waals surface area contributed by atoms with Crippen molar-refractivity contribution in [2.45, 2.75) is 31.5 Å². The zero-order chi connectivity index (χ0) is 14.9. The van der Waals surface area contributed by atoms with Crippen LogP contribution in [0.25, 0.3) is 0 Å². The number of rotatable bonds is 5. The molecule has 0 heterocycles. The lowest BCUT2D eigenvalue weighted by Crippen LogP contribution is -2.11. The molecule has 21 heavy (non-hydrogen) atoms. The summed E-state index contributed by atoms with van der Waals surface area (Å²) in [6.07, 6.45) is 2.07. The van der Waals surface area contributed by atoms with Crippen LogP contribution in [0.1, 0.15) is 24.0 Å². The van der Waals surface area contributed by atoms with Gasteiger partial charge in [0.25, 0.3) is 0 Å². The van der Waals surface area contributed by atoms with E-state index in [0.29, 0.717) is 17.5 Å². The van der Waals surface area contributed by atoms with Gasteiger partial charge >= 0.3 is 0 Å². The van der Waals surface area contributed by atoms with Crippen molar-refractivity contribution in [3.63, 3.8) is 0 Å². The van der Waals surface area contributed by atoms with E-state index in [2.05, 4.69) is 15.9 Å². The van der Waals surface area contributed by atoms with E-state index >= 15 is 0 Å². The topological polar surface area (TPSA) is 29.5 Å². The fraction of sp³-hybridized carbons (Fsp3) is 0.294. The summed E-state index contributed by atoms with van der Waals surface area (Å²) in [5.74, 6) is -0.190. The Balaban J connectivity index is 1.73. The zero-order valence-corrected chi connectivity index (χ0v) is 13.1. The summed E-state index contributed by atoms with van der Waals surface area (Å²) in [7, 11) is 0. The van der Waals surface area contributed by atoms with Crippen LogP contribution in [0.4, 0.5) is 4.39 Å². The molecule has 0 atom stereocenters. The largest absolute Gasteiger partial charge is 0.485 e. The van der Waals surface area contributed by atoms with Crippen molar-refractivity contribution in [2.75, 3.05) is 0 Å². The molecule has 0 radical (unpaired) electrons. The SMILES string of the molecule is OC1(Cc2cc(F)c(OCc3ccccc3)c(Br)c2)CC1. The van der Waals surface area contributed by atoms with E-state index in [9.17, 15) is 9.50 Å². The molecule has 1 fully saturated rings. The molecule has 0 spiro atoms. The first-order chi connectivity index (χ1) is 10.1. The van der Waals surface area contributed by atoms with Crippen molar-refractivity contribution in [2.24, 2.45) is 0 Å². The van der Waals surface area contributed by atoms with Gasteiger partial charge in [0.05, 0.1) is 10.1 Å². The normalized spacial score (nSPS) is 15.8. The Morgan fingerprint density at radius 1 is 1.14 bits per heavy atom. The Hall–Kier alpha value is -1.39. The third-order valence-corrected chi connectivity index (χ3v) is 4.23. The molecule has 0 unspecified atom stereocenters. The zero-order valence-electron chi connectivity index (χ0n) is 11.5. The van der Waals surface area contributed by atoms with Crippen molar-refractivity contribution < 1.29 is 14.2 Å². The number of ether oxygens (including phenoxy) is 1. The number of hydrogen-bond acceptors (Lipinski definition) is 2. The predicted octanol–water partition coefficient (Wildman–Crippen LogP) is 4.23. The molecule has 0 aliphatic heterocycles. The third-order valence-electron chi connectivity index (χ3n) is 3.64. The second-order valence-corrected chi connectivity index (χ2v) is 6.42. The number of halogens is 2. The molecule has 0 saturated heterocycles. The van der Waals surface area contributed by atoms with Gasteiger partial charge in [-0.1, -0.05) is 30.3 Å². The van der Waals surface area contributed by atoms with Crippen molar-refractivity contribution in [3.8, 4) is 5.75 Å². The summed E-state index contributed by atoms with van der Waals surface area (Å²) < 4.78 is 20.3. The maximum absolute atomic E-state index is 14.2. The van der Waals surface area contributed by atoms with Gasteiger partial charge in [-0.3, -0.25) is 0 Å². The molecule has 4 heteroatoms. The van der Waals surface area contributed by atoms with E-state index in [1.54, 1.807) is 0 Å². The lowest BCUT2D eigenvalue weighted by Gasteiger charge is -2.13. The first-order valence-corrected chi connectivity index (χ1v) is 7.72. The summed E-state index contributed by atoms with van der Waals surface area (Å²) in [6.45, 7) is 0.319. The Bertz CT molecular complexity index is 615. The summed E-state index contributed by atoms with van der Waals surface area (Å²) >= 11 is 3.35. The van der Waals surface area contributed by atoms with Gasteiger partial charge in [-0.15, -0.1) is 0 Å². The first-order valence-electron chi connectivity index (χ1n) is 6.93. The van der Waals surface area contributed by atoms with Gasteiger partial charge in [0.2, 0.25) is 0 Å². The van der Waals surface area contributed by atoms with Gasteiger partial charge in [0.15, 0.2) is 11.6 Å². The summed E-state index contributed by atoms with van der Waals surface area (Å²) in [5, 5.41) is 9.92. The molecule has 1 aliphatic rings. The van der Waals surface area contributed by atoms with E-state index in [1.807, 2.05) is 36.4 Å². The van der Waals surface area contributed by atoms with Gasteiger partial charge in [-0.2, -0.15) is 0 Å². The van der Waals surface area contributed by atoms with Crippen LogP contribution in [-0.2, 0) is 13.0 Å². The van der Waals surface area contributed by atoms with Crippen LogP contribution in [0.15, 0.2) is 46.9 Å². The molecule has 0 aromatic heterocycles. The Kier molecular flexibility index (Phi) is 4.00. The van der Waals surface area contributed by atoms with Crippen molar-refractivity contribution in [1.29, 1.82) is 0 Å². The number of hydrogen-bond donors (Lipinski definition) is 1. The molecule has 2 aromatic rings. The molecule has 110 valence electrons. The standard InChI is InChI=1S/C17H16BrFO2/c18-14-8-13(10-17(20)6-7-17)9-15(19)16(14)21-11-12-4-2-1-3-5-12/h1-5,8-9,20H,6-7,10-11H2. The minimum absolute atomic E-state index is 0.213. The van der Waals surface area contributed by atoms with E-state index < -0.39 is 11.4 Å². The molecule has 1 aliphatic carbocycles. The first kappa shape index (κ1) is 14.5. The number of aliphatic hydroxyl groups is 1. The molecule has 2 aromatic carbocycles. The van der Waals surface area contributed by atoms with Crippen molar-refractivity contribution in [3.05, 3.63) is 63.9 Å². The van der Waals surface area contributed by atoms with Crippen LogP contribution < -0.4 is 4.74 Å². The smallest absolute Gasteiger partial charge is 0.169 e. The fourth-order valence-corrected chi connectivity index (χ4v) is 2.88. The summed E-state index contributed by atoms with van der Waals surface area (Å²) in [4.78, 5) is 0. The van der Waals surface area contributed by atoms with Crippen LogP contribution in [-0.4, -0.2) is 10.7 Å². The fourth-order valence-electron chi connectivity index (χ4n) is 2.28. The molecular formula is C17H16BrFO2. The maximum atomic E-state index is 14.2. The van der Waals surface area contributed by atoms with Crippen LogP contribution in [0, 0.1) is 5.82 Å². The Morgan fingerprint density at radius 2 is 1.86 bits per heavy atom. The highest BCUT2D eigenvalue weighted by atomic mass is 79.9. The summed E-state index contributed by atoms with van der Waals surface area (Å²) in [5.41, 5.74) is 1.14. The van der Waals surface area contributed by atoms with Gasteiger partial charge in [0.1, 0.15) is 6.61 Å². The molecule has 1 N–H and O–H groups in total. The summed E-state index contributed by atoms with van der Waals surface area (Å²) in [6, 6.07) is 12.9. The quantitative estimate of drug-likeness (QED) is 0.873. The lowest BCUT2D eigenvalue weighted by atomic mass is 10.1. The van der Waals surface area contributed by atoms with Gasteiger partial charge in [-0.05, 0) is 52.0 Å². The van der Waals surface area contributed by atoms with E-state index in [0.717, 1.165) is 24.0 Å². The number of benzene rings is 2. The highest BCUT2D eigenvalue weighted by molar-refractivity contribution is 9.10. The van der Waals surface area contributed by atoms with Gasteiger partial charge < -0.3 is 9.84 Å². The van der Waals surface area contributed by atoms with E-state index in [-0.39, 0.29) is 5.75 Å². The minimum atomic E-state index is -0.627. The van der Waals surface area contributed by atoms with Crippen LogP contribution in [0.2, 0.25) is 0 Å². The molecular weight excluding hydrogens is 335 g/mol. The second-order valence-electron chi connectivity index (χ2n) is 5.56. The average Bonchev–Trinajstić information content (AvgIpc) is 3.16. The van der Waals surface area contributed by atoms with Crippen LogP contribution in [0.3, 0.4) is 0 Å². The minimum Gasteiger partial charge on any atom is -0.485 e. The van der Waals surface area contributed by atoms with Crippen molar-refractivity contribution >= 4 is 15.9 Å². The van der Waals surface area contributed by atoms with Gasteiger partial charge in [0, 0.05) is 6.42 Å². The van der Waals surface area contributed by atoms with Crippen LogP contribution >= 0.6 is 15.9 Å². The molecule has 2 nitrogen and oxygen atoms in total. The molecule has 3 rings (SSSR count). The van der Waals surface area contributed by atoms with Gasteiger partial charge in [-0.25, -0.2) is 4.39 Å². The lowest BCUT2D eigenvalue weighted by molar-refractivity contribution is 0.151. The Labute approximate surface area is 131 Å². The molecule has 0 amide bonds. The highest BCUT2D eigenvalue weighted by Crippen LogP contribution is 2.40. The average molecular weight is 351 g/mol. The third kappa shape index (κ3) is 3.63.